The second-order valence-corrected chi connectivity index (χ2v) is 5.70. The number of rotatable bonds is 6. The van der Waals surface area contributed by atoms with Gasteiger partial charge in [0.1, 0.15) is 5.75 Å². The zero-order valence-corrected chi connectivity index (χ0v) is 13.7. The summed E-state index contributed by atoms with van der Waals surface area (Å²) in [7, 11) is 0. The molecule has 24 heavy (non-hydrogen) atoms. The molecule has 3 aromatic carbocycles. The van der Waals surface area contributed by atoms with Crippen LogP contribution in [0.25, 0.3) is 10.8 Å². The van der Waals surface area contributed by atoms with Gasteiger partial charge in [0.25, 0.3) is 5.91 Å². The molecule has 0 heterocycles. The first-order valence-corrected chi connectivity index (χ1v) is 8.23. The number of hydrogen-bond donors (Lipinski definition) is 1. The first-order chi connectivity index (χ1) is 11.8. The molecular formula is C21H21NO2. The van der Waals surface area contributed by atoms with E-state index in [0.29, 0.717) is 0 Å². The number of ether oxygens (including phenoxy) is 1. The second kappa shape index (κ2) is 7.64. The highest BCUT2D eigenvalue weighted by Crippen LogP contribution is 2.25. The van der Waals surface area contributed by atoms with Crippen LogP contribution >= 0.6 is 0 Å². The van der Waals surface area contributed by atoms with Crippen LogP contribution in [0.15, 0.2) is 72.8 Å². The Hall–Kier alpha value is -2.81. The van der Waals surface area contributed by atoms with Gasteiger partial charge >= 0.3 is 0 Å². The lowest BCUT2D eigenvalue weighted by Gasteiger charge is -2.18. The number of carbonyl (C=O) groups is 1. The van der Waals surface area contributed by atoms with Gasteiger partial charge in [0.05, 0.1) is 6.04 Å². The summed E-state index contributed by atoms with van der Waals surface area (Å²) in [5.41, 5.74) is 1.11. The number of benzene rings is 3. The molecule has 1 amide bonds. The van der Waals surface area contributed by atoms with E-state index in [2.05, 4.69) is 12.2 Å². The largest absolute Gasteiger partial charge is 0.483 e. The summed E-state index contributed by atoms with van der Waals surface area (Å²) in [4.78, 5) is 12.3. The van der Waals surface area contributed by atoms with Gasteiger partial charge in [-0.2, -0.15) is 0 Å². The van der Waals surface area contributed by atoms with Crippen LogP contribution in [-0.2, 0) is 4.79 Å². The van der Waals surface area contributed by atoms with Crippen molar-refractivity contribution in [1.29, 1.82) is 0 Å². The molecule has 0 bridgehead atoms. The van der Waals surface area contributed by atoms with Gasteiger partial charge in [-0.25, -0.2) is 0 Å². The highest BCUT2D eigenvalue weighted by atomic mass is 16.5. The van der Waals surface area contributed by atoms with Crippen molar-refractivity contribution < 1.29 is 9.53 Å². The van der Waals surface area contributed by atoms with Crippen LogP contribution in [0.2, 0.25) is 0 Å². The second-order valence-electron chi connectivity index (χ2n) is 5.70. The lowest BCUT2D eigenvalue weighted by molar-refractivity contribution is -0.123. The van der Waals surface area contributed by atoms with Crippen LogP contribution in [-0.4, -0.2) is 12.5 Å². The third kappa shape index (κ3) is 3.74. The van der Waals surface area contributed by atoms with Crippen molar-refractivity contribution in [3.05, 3.63) is 78.4 Å². The van der Waals surface area contributed by atoms with E-state index in [-0.39, 0.29) is 18.6 Å². The molecule has 3 heteroatoms. The summed E-state index contributed by atoms with van der Waals surface area (Å²) in [5.74, 6) is 0.620. The number of amides is 1. The fraction of sp³-hybridized carbons (Fsp3) is 0.190. The molecule has 0 radical (unpaired) electrons. The third-order valence-electron chi connectivity index (χ3n) is 4.05. The molecule has 0 aliphatic heterocycles. The molecule has 122 valence electrons. The van der Waals surface area contributed by atoms with E-state index in [0.717, 1.165) is 28.5 Å². The van der Waals surface area contributed by atoms with Gasteiger partial charge in [0, 0.05) is 5.39 Å². The Morgan fingerprint density at radius 3 is 2.46 bits per heavy atom. The summed E-state index contributed by atoms with van der Waals surface area (Å²) >= 11 is 0. The lowest BCUT2D eigenvalue weighted by Crippen LogP contribution is -2.32. The van der Waals surface area contributed by atoms with Crippen molar-refractivity contribution in [3.63, 3.8) is 0 Å². The maximum Gasteiger partial charge on any atom is 0.258 e. The molecule has 0 aliphatic carbocycles. The summed E-state index contributed by atoms with van der Waals surface area (Å²) in [5, 5.41) is 5.16. The predicted molar refractivity (Wildman–Crippen MR) is 97.1 cm³/mol. The fourth-order valence-electron chi connectivity index (χ4n) is 2.81. The monoisotopic (exact) mass is 319 g/mol. The van der Waals surface area contributed by atoms with Crippen molar-refractivity contribution in [2.45, 2.75) is 19.4 Å². The van der Waals surface area contributed by atoms with Gasteiger partial charge in [-0.05, 0) is 23.4 Å². The molecule has 0 aromatic heterocycles. The third-order valence-corrected chi connectivity index (χ3v) is 4.05. The smallest absolute Gasteiger partial charge is 0.258 e. The van der Waals surface area contributed by atoms with Crippen molar-refractivity contribution in [2.75, 3.05) is 6.61 Å². The van der Waals surface area contributed by atoms with Crippen molar-refractivity contribution in [3.8, 4) is 5.75 Å². The van der Waals surface area contributed by atoms with E-state index in [1.165, 1.54) is 0 Å². The summed E-state index contributed by atoms with van der Waals surface area (Å²) < 4.78 is 5.75. The zero-order valence-electron chi connectivity index (χ0n) is 13.7. The topological polar surface area (TPSA) is 38.3 Å². The lowest BCUT2D eigenvalue weighted by atomic mass is 10.0. The molecular weight excluding hydrogens is 298 g/mol. The Balaban J connectivity index is 1.64. The minimum atomic E-state index is -0.112. The van der Waals surface area contributed by atoms with Crippen LogP contribution in [0, 0.1) is 0 Å². The van der Waals surface area contributed by atoms with Crippen molar-refractivity contribution >= 4 is 16.7 Å². The van der Waals surface area contributed by atoms with E-state index < -0.39 is 0 Å². The SMILES string of the molecule is CCC(NC(=O)COc1cccc2ccccc12)c1ccccc1. The van der Waals surface area contributed by atoms with E-state index in [1.807, 2.05) is 72.8 Å². The summed E-state index contributed by atoms with van der Waals surface area (Å²) in [6.07, 6.45) is 0.837. The van der Waals surface area contributed by atoms with E-state index >= 15 is 0 Å². The number of carbonyl (C=O) groups excluding carboxylic acids is 1. The molecule has 0 spiro atoms. The van der Waals surface area contributed by atoms with Crippen molar-refractivity contribution in [1.82, 2.24) is 5.32 Å². The molecule has 3 rings (SSSR count). The van der Waals surface area contributed by atoms with Crippen molar-refractivity contribution in [2.24, 2.45) is 0 Å². The molecule has 0 aliphatic rings. The van der Waals surface area contributed by atoms with E-state index in [9.17, 15) is 4.79 Å². The van der Waals surface area contributed by atoms with Gasteiger partial charge < -0.3 is 10.1 Å². The standard InChI is InChI=1S/C21H21NO2/c1-2-19(17-10-4-3-5-11-17)22-21(23)15-24-20-14-8-12-16-9-6-7-13-18(16)20/h3-14,19H,2,15H2,1H3,(H,22,23). The van der Waals surface area contributed by atoms with Crippen LogP contribution in [0.5, 0.6) is 5.75 Å². The number of fused-ring (bicyclic) bond motifs is 1. The predicted octanol–water partition coefficient (Wildman–Crippen LogP) is 4.49. The molecule has 1 unspecified atom stereocenters. The number of hydrogen-bond acceptors (Lipinski definition) is 2. The van der Waals surface area contributed by atoms with E-state index in [1.54, 1.807) is 0 Å². The Labute approximate surface area is 142 Å². The maximum absolute atomic E-state index is 12.3. The first kappa shape index (κ1) is 16.1. The molecule has 3 nitrogen and oxygen atoms in total. The maximum atomic E-state index is 12.3. The van der Waals surface area contributed by atoms with Gasteiger partial charge in [-0.3, -0.25) is 4.79 Å². The van der Waals surface area contributed by atoms with Gasteiger partial charge in [0.2, 0.25) is 0 Å². The van der Waals surface area contributed by atoms with Gasteiger partial charge in [-0.1, -0.05) is 73.7 Å². The quantitative estimate of drug-likeness (QED) is 0.727. The normalized spacial score (nSPS) is 11.9. The molecule has 1 atom stereocenters. The Morgan fingerprint density at radius 1 is 0.958 bits per heavy atom. The highest BCUT2D eigenvalue weighted by Gasteiger charge is 2.13. The molecule has 3 aromatic rings. The Bertz CT molecular complexity index is 809. The summed E-state index contributed by atoms with van der Waals surface area (Å²) in [6.45, 7) is 2.07. The average molecular weight is 319 g/mol. The molecule has 0 saturated heterocycles. The molecule has 0 saturated carbocycles. The van der Waals surface area contributed by atoms with E-state index in [4.69, 9.17) is 4.74 Å². The van der Waals surface area contributed by atoms with Crippen LogP contribution in [0.1, 0.15) is 24.9 Å². The van der Waals surface area contributed by atoms with Crippen LogP contribution in [0.3, 0.4) is 0 Å². The fourth-order valence-corrected chi connectivity index (χ4v) is 2.81. The summed E-state index contributed by atoms with van der Waals surface area (Å²) in [6, 6.07) is 23.9. The number of nitrogens with one attached hydrogen (secondary N) is 1. The van der Waals surface area contributed by atoms with Crippen LogP contribution < -0.4 is 10.1 Å². The molecule has 1 N–H and O–H groups in total. The van der Waals surface area contributed by atoms with Gasteiger partial charge in [-0.15, -0.1) is 0 Å². The minimum Gasteiger partial charge on any atom is -0.483 e. The van der Waals surface area contributed by atoms with Crippen LogP contribution in [0.4, 0.5) is 0 Å². The Kier molecular flexibility index (Phi) is 5.12. The molecule has 0 fully saturated rings. The zero-order chi connectivity index (χ0) is 16.8. The average Bonchev–Trinajstić information content (AvgIpc) is 2.65. The first-order valence-electron chi connectivity index (χ1n) is 8.23. The Morgan fingerprint density at radius 2 is 1.67 bits per heavy atom. The highest BCUT2D eigenvalue weighted by molar-refractivity contribution is 5.88. The van der Waals surface area contributed by atoms with Gasteiger partial charge in [0.15, 0.2) is 6.61 Å². The minimum absolute atomic E-state index is 0.00909.